The summed E-state index contributed by atoms with van der Waals surface area (Å²) < 4.78 is 38.3. The molecule has 0 fully saturated rings. The predicted octanol–water partition coefficient (Wildman–Crippen LogP) is 2.32. The summed E-state index contributed by atoms with van der Waals surface area (Å²) >= 11 is 1.09. The summed E-state index contributed by atoms with van der Waals surface area (Å²) in [4.78, 5) is 22.2. The molecular weight excluding hydrogens is 329 g/mol. The Labute approximate surface area is 137 Å². The highest BCUT2D eigenvalue weighted by molar-refractivity contribution is 8.00. The summed E-state index contributed by atoms with van der Waals surface area (Å²) in [6, 6.07) is 5.06. The number of nitrogens with two attached hydrogens (primary N) is 1. The van der Waals surface area contributed by atoms with Crippen molar-refractivity contribution in [2.75, 3.05) is 18.1 Å². The van der Waals surface area contributed by atoms with Crippen LogP contribution in [0.15, 0.2) is 24.3 Å². The first-order valence-electron chi connectivity index (χ1n) is 6.83. The van der Waals surface area contributed by atoms with Gasteiger partial charge in [0, 0.05) is 12.0 Å². The fraction of sp³-hybridized carbons (Fsp3) is 0.467. The highest BCUT2D eigenvalue weighted by Crippen LogP contribution is 2.32. The van der Waals surface area contributed by atoms with Crippen LogP contribution in [0.2, 0.25) is 0 Å². The van der Waals surface area contributed by atoms with Crippen molar-refractivity contribution in [1.82, 2.24) is 5.32 Å². The van der Waals surface area contributed by atoms with E-state index in [-0.39, 0.29) is 24.0 Å². The van der Waals surface area contributed by atoms with Crippen LogP contribution in [0.25, 0.3) is 0 Å². The molecule has 0 aliphatic rings. The molecule has 0 spiro atoms. The molecule has 1 rings (SSSR count). The van der Waals surface area contributed by atoms with Crippen LogP contribution in [-0.2, 0) is 21.2 Å². The Bertz CT molecular complexity index is 574. The van der Waals surface area contributed by atoms with Crippen LogP contribution in [-0.4, -0.2) is 29.9 Å². The maximum Gasteiger partial charge on any atom is 0.416 e. The summed E-state index contributed by atoms with van der Waals surface area (Å²) in [5.74, 6) is -0.685. The largest absolute Gasteiger partial charge is 0.416 e. The van der Waals surface area contributed by atoms with Crippen LogP contribution in [0.5, 0.6) is 0 Å². The zero-order valence-corrected chi connectivity index (χ0v) is 13.7. The van der Waals surface area contributed by atoms with E-state index in [1.165, 1.54) is 6.07 Å². The molecule has 2 amide bonds. The van der Waals surface area contributed by atoms with Crippen LogP contribution in [0, 0.1) is 0 Å². The molecule has 0 unspecified atom stereocenters. The van der Waals surface area contributed by atoms with Gasteiger partial charge in [-0.25, -0.2) is 0 Å². The molecule has 3 N–H and O–H groups in total. The Balaban J connectivity index is 2.65. The molecule has 0 heterocycles. The summed E-state index contributed by atoms with van der Waals surface area (Å²) in [6.07, 6.45) is -4.40. The van der Waals surface area contributed by atoms with E-state index in [0.29, 0.717) is 5.56 Å². The van der Waals surface area contributed by atoms with E-state index in [2.05, 4.69) is 5.32 Å². The molecule has 0 aliphatic carbocycles. The van der Waals surface area contributed by atoms with Gasteiger partial charge in [0.25, 0.3) is 0 Å². The first-order chi connectivity index (χ1) is 10.5. The lowest BCUT2D eigenvalue weighted by molar-refractivity contribution is -0.137. The third kappa shape index (κ3) is 6.52. The number of primary amides is 1. The van der Waals surface area contributed by atoms with Crippen molar-refractivity contribution in [3.8, 4) is 0 Å². The van der Waals surface area contributed by atoms with Gasteiger partial charge in [-0.05, 0) is 11.6 Å². The number of hydrogen-bond donors (Lipinski definition) is 2. The molecule has 1 aromatic rings. The Morgan fingerprint density at radius 1 is 1.17 bits per heavy atom. The fourth-order valence-electron chi connectivity index (χ4n) is 1.83. The van der Waals surface area contributed by atoms with Gasteiger partial charge in [0.05, 0.1) is 17.1 Å². The number of hydrogen-bond acceptors (Lipinski definition) is 3. The van der Waals surface area contributed by atoms with Crippen molar-refractivity contribution >= 4 is 23.6 Å². The normalized spacial score (nSPS) is 12.0. The molecule has 0 radical (unpaired) electrons. The Morgan fingerprint density at radius 2 is 1.78 bits per heavy atom. The van der Waals surface area contributed by atoms with Crippen molar-refractivity contribution in [2.45, 2.75) is 25.4 Å². The molecular formula is C15H19F3N2O2S. The summed E-state index contributed by atoms with van der Waals surface area (Å²) in [5.41, 5.74) is 4.07. The molecule has 128 valence electrons. The molecule has 0 saturated heterocycles. The Kier molecular flexibility index (Phi) is 6.49. The van der Waals surface area contributed by atoms with E-state index in [1.54, 1.807) is 19.9 Å². The Morgan fingerprint density at radius 3 is 2.35 bits per heavy atom. The molecule has 0 aromatic heterocycles. The maximum absolute atomic E-state index is 12.8. The highest BCUT2D eigenvalue weighted by Gasteiger charge is 2.32. The second-order valence-electron chi connectivity index (χ2n) is 5.70. The number of halogens is 3. The fourth-order valence-corrected chi connectivity index (χ4v) is 2.42. The SMILES string of the molecule is CC(C)(CNC(=O)CSCC(N)=O)c1cccc(C(F)(F)F)c1. The first kappa shape index (κ1) is 19.3. The van der Waals surface area contributed by atoms with Gasteiger partial charge in [-0.3, -0.25) is 9.59 Å². The van der Waals surface area contributed by atoms with E-state index in [0.717, 1.165) is 23.9 Å². The van der Waals surface area contributed by atoms with Gasteiger partial charge in [-0.15, -0.1) is 11.8 Å². The number of amides is 2. The summed E-state index contributed by atoms with van der Waals surface area (Å²) in [7, 11) is 0. The third-order valence-electron chi connectivity index (χ3n) is 3.18. The van der Waals surface area contributed by atoms with Gasteiger partial charge in [0.1, 0.15) is 0 Å². The molecule has 0 saturated carbocycles. The van der Waals surface area contributed by atoms with Crippen LogP contribution in [0.1, 0.15) is 25.0 Å². The zero-order valence-electron chi connectivity index (χ0n) is 12.9. The lowest BCUT2D eigenvalue weighted by Crippen LogP contribution is -2.37. The van der Waals surface area contributed by atoms with E-state index < -0.39 is 23.1 Å². The number of benzene rings is 1. The molecule has 0 atom stereocenters. The van der Waals surface area contributed by atoms with Gasteiger partial charge in [-0.2, -0.15) is 13.2 Å². The van der Waals surface area contributed by atoms with Crippen LogP contribution in [0.3, 0.4) is 0 Å². The standard InChI is InChI=1S/C15H19F3N2O2S/c1-14(2,9-20-13(22)8-23-7-12(19)21)10-4-3-5-11(6-10)15(16,17)18/h3-6H,7-9H2,1-2H3,(H2,19,21)(H,20,22). The minimum Gasteiger partial charge on any atom is -0.369 e. The predicted molar refractivity (Wildman–Crippen MR) is 84.0 cm³/mol. The second kappa shape index (κ2) is 7.72. The van der Waals surface area contributed by atoms with Gasteiger partial charge in [0.2, 0.25) is 11.8 Å². The number of thioether (sulfide) groups is 1. The van der Waals surface area contributed by atoms with E-state index in [9.17, 15) is 22.8 Å². The monoisotopic (exact) mass is 348 g/mol. The number of alkyl halides is 3. The Hall–Kier alpha value is -1.70. The molecule has 1 aromatic carbocycles. The molecule has 23 heavy (non-hydrogen) atoms. The topological polar surface area (TPSA) is 72.2 Å². The van der Waals surface area contributed by atoms with Crippen molar-refractivity contribution in [1.29, 1.82) is 0 Å². The number of rotatable bonds is 7. The van der Waals surface area contributed by atoms with Gasteiger partial charge < -0.3 is 11.1 Å². The van der Waals surface area contributed by atoms with Gasteiger partial charge >= 0.3 is 6.18 Å². The quantitative estimate of drug-likeness (QED) is 0.794. The first-order valence-corrected chi connectivity index (χ1v) is 7.98. The molecule has 8 heteroatoms. The maximum atomic E-state index is 12.8. The minimum atomic E-state index is -4.40. The smallest absolute Gasteiger partial charge is 0.369 e. The van der Waals surface area contributed by atoms with E-state index in [1.807, 2.05) is 0 Å². The summed E-state index contributed by atoms with van der Waals surface area (Å²) in [5, 5.41) is 2.66. The third-order valence-corrected chi connectivity index (χ3v) is 4.13. The summed E-state index contributed by atoms with van der Waals surface area (Å²) in [6.45, 7) is 3.68. The number of carbonyl (C=O) groups is 2. The lowest BCUT2D eigenvalue weighted by atomic mass is 9.83. The average Bonchev–Trinajstić information content (AvgIpc) is 2.44. The van der Waals surface area contributed by atoms with Crippen LogP contribution < -0.4 is 11.1 Å². The second-order valence-corrected chi connectivity index (χ2v) is 6.68. The zero-order chi connectivity index (χ0) is 17.7. The van der Waals surface area contributed by atoms with Crippen LogP contribution >= 0.6 is 11.8 Å². The van der Waals surface area contributed by atoms with Crippen LogP contribution in [0.4, 0.5) is 13.2 Å². The van der Waals surface area contributed by atoms with E-state index in [4.69, 9.17) is 5.73 Å². The average molecular weight is 348 g/mol. The molecule has 0 aliphatic heterocycles. The highest BCUT2D eigenvalue weighted by atomic mass is 32.2. The lowest BCUT2D eigenvalue weighted by Gasteiger charge is -2.26. The van der Waals surface area contributed by atoms with Crippen molar-refractivity contribution in [3.63, 3.8) is 0 Å². The van der Waals surface area contributed by atoms with Gasteiger partial charge in [-0.1, -0.05) is 32.0 Å². The minimum absolute atomic E-state index is 0.0461. The van der Waals surface area contributed by atoms with E-state index >= 15 is 0 Å². The molecule has 0 bridgehead atoms. The molecule has 4 nitrogen and oxygen atoms in total. The number of carbonyl (C=O) groups excluding carboxylic acids is 2. The van der Waals surface area contributed by atoms with Gasteiger partial charge in [0.15, 0.2) is 0 Å². The number of nitrogens with one attached hydrogen (secondary N) is 1. The van der Waals surface area contributed by atoms with Crippen molar-refractivity contribution in [3.05, 3.63) is 35.4 Å². The van der Waals surface area contributed by atoms with Crippen molar-refractivity contribution < 1.29 is 22.8 Å². The van der Waals surface area contributed by atoms with Crippen molar-refractivity contribution in [2.24, 2.45) is 5.73 Å².